The van der Waals surface area contributed by atoms with Gasteiger partial charge >= 0.3 is 0 Å². The molecule has 0 N–H and O–H groups in total. The maximum Gasteiger partial charge on any atom is 0.231 e. The zero-order chi connectivity index (χ0) is 22.8. The van der Waals surface area contributed by atoms with E-state index < -0.39 is 0 Å². The second-order valence-electron chi connectivity index (χ2n) is 7.62. The summed E-state index contributed by atoms with van der Waals surface area (Å²) in [5.74, 6) is 0.628. The molecular weight excluding hydrogens is 402 g/mol. The zero-order valence-electron chi connectivity index (χ0n) is 18.5. The molecule has 0 spiro atoms. The predicted molar refractivity (Wildman–Crippen MR) is 123 cm³/mol. The normalized spacial score (nSPS) is 10.7. The van der Waals surface area contributed by atoms with Gasteiger partial charge in [0.2, 0.25) is 5.91 Å². The number of benzene rings is 2. The van der Waals surface area contributed by atoms with E-state index in [1.54, 1.807) is 41.8 Å². The largest absolute Gasteiger partial charge is 0.497 e. The molecule has 2 aromatic carbocycles. The van der Waals surface area contributed by atoms with Crippen LogP contribution in [0.2, 0.25) is 0 Å². The number of methoxy groups -OCH3 is 1. The van der Waals surface area contributed by atoms with Crippen LogP contribution < -0.4 is 9.64 Å². The molecule has 2 aromatic heterocycles. The Morgan fingerprint density at radius 3 is 2.59 bits per heavy atom. The fourth-order valence-corrected chi connectivity index (χ4v) is 3.71. The van der Waals surface area contributed by atoms with Gasteiger partial charge in [-0.25, -0.2) is 9.50 Å². The van der Waals surface area contributed by atoms with Crippen molar-refractivity contribution in [1.82, 2.24) is 14.6 Å². The molecular formula is C25H23N5O2. The van der Waals surface area contributed by atoms with Crippen LogP contribution in [0.3, 0.4) is 0 Å². The minimum atomic E-state index is -0.120. The fraction of sp³-hybridized carbons (Fsp3) is 0.200. The van der Waals surface area contributed by atoms with E-state index >= 15 is 0 Å². The van der Waals surface area contributed by atoms with Crippen molar-refractivity contribution in [2.45, 2.75) is 20.3 Å². The Hall–Kier alpha value is -4.18. The number of nitrogens with zero attached hydrogens (tertiary/aromatic N) is 5. The number of nitriles is 1. The van der Waals surface area contributed by atoms with Crippen molar-refractivity contribution in [3.8, 4) is 23.1 Å². The Kier molecular flexibility index (Phi) is 5.61. The van der Waals surface area contributed by atoms with Crippen LogP contribution in [-0.2, 0) is 11.2 Å². The third-order valence-corrected chi connectivity index (χ3v) is 5.42. The van der Waals surface area contributed by atoms with Crippen molar-refractivity contribution in [3.63, 3.8) is 0 Å². The number of carbonyl (C=O) groups excluding carboxylic acids is 1. The van der Waals surface area contributed by atoms with Crippen molar-refractivity contribution >= 4 is 17.2 Å². The van der Waals surface area contributed by atoms with E-state index in [-0.39, 0.29) is 12.3 Å². The molecule has 0 saturated heterocycles. The second kappa shape index (κ2) is 8.52. The zero-order valence-corrected chi connectivity index (χ0v) is 18.5. The van der Waals surface area contributed by atoms with Gasteiger partial charge in [0.15, 0.2) is 5.65 Å². The van der Waals surface area contributed by atoms with Crippen LogP contribution >= 0.6 is 0 Å². The lowest BCUT2D eigenvalue weighted by Crippen LogP contribution is -2.28. The van der Waals surface area contributed by atoms with Crippen LogP contribution in [-0.4, -0.2) is 34.7 Å². The van der Waals surface area contributed by atoms with Crippen molar-refractivity contribution in [2.75, 3.05) is 19.1 Å². The van der Waals surface area contributed by atoms with Crippen LogP contribution in [0.4, 0.5) is 5.69 Å². The van der Waals surface area contributed by atoms with Gasteiger partial charge in [-0.05, 0) is 62.4 Å². The molecule has 7 nitrogen and oxygen atoms in total. The van der Waals surface area contributed by atoms with E-state index in [0.717, 1.165) is 28.3 Å². The molecule has 0 aliphatic heterocycles. The molecule has 2 heterocycles. The van der Waals surface area contributed by atoms with Crippen LogP contribution in [0.25, 0.3) is 16.9 Å². The van der Waals surface area contributed by atoms with Gasteiger partial charge in [0.1, 0.15) is 5.75 Å². The second-order valence-corrected chi connectivity index (χ2v) is 7.62. The Balaban J connectivity index is 1.79. The maximum atomic E-state index is 13.3. The molecule has 7 heteroatoms. The fourth-order valence-electron chi connectivity index (χ4n) is 3.71. The predicted octanol–water partition coefficient (Wildman–Crippen LogP) is 4.10. The number of carbonyl (C=O) groups is 1. The first-order chi connectivity index (χ1) is 15.4. The molecule has 160 valence electrons. The Morgan fingerprint density at radius 2 is 1.91 bits per heavy atom. The molecule has 0 radical (unpaired) electrons. The molecule has 4 rings (SSSR count). The number of hydrogen-bond acceptors (Lipinski definition) is 5. The highest BCUT2D eigenvalue weighted by atomic mass is 16.5. The van der Waals surface area contributed by atoms with Crippen molar-refractivity contribution < 1.29 is 9.53 Å². The van der Waals surface area contributed by atoms with Crippen molar-refractivity contribution in [1.29, 1.82) is 5.26 Å². The molecule has 0 aliphatic rings. The monoisotopic (exact) mass is 425 g/mol. The quantitative estimate of drug-likeness (QED) is 0.481. The highest BCUT2D eigenvalue weighted by Gasteiger charge is 2.22. The summed E-state index contributed by atoms with van der Waals surface area (Å²) in [4.78, 5) is 19.5. The number of anilines is 1. The Bertz CT molecular complexity index is 1350. The van der Waals surface area contributed by atoms with Gasteiger partial charge < -0.3 is 9.64 Å². The van der Waals surface area contributed by atoms with Gasteiger partial charge in [-0.15, -0.1) is 0 Å². The summed E-state index contributed by atoms with van der Waals surface area (Å²) in [6, 6.07) is 18.7. The molecule has 4 aromatic rings. The van der Waals surface area contributed by atoms with E-state index in [9.17, 15) is 10.1 Å². The summed E-state index contributed by atoms with van der Waals surface area (Å²) in [6.07, 6.45) is 0.119. The standard InChI is InChI=1S/C25H23N5O2/c1-16-12-17(2)30-25(27-16)22(24(28-30)19-8-10-21(32-4)11-9-19)14-23(31)29(3)20-7-5-6-18(13-20)15-26/h5-13H,14H2,1-4H3. The van der Waals surface area contributed by atoms with E-state index in [2.05, 4.69) is 6.07 Å². The number of aromatic nitrogens is 3. The highest BCUT2D eigenvalue weighted by molar-refractivity contribution is 5.96. The van der Waals surface area contributed by atoms with Gasteiger partial charge in [0, 0.05) is 35.2 Å². The van der Waals surface area contributed by atoms with Crippen LogP contribution in [0.5, 0.6) is 5.75 Å². The first-order valence-electron chi connectivity index (χ1n) is 10.2. The Morgan fingerprint density at radius 1 is 1.16 bits per heavy atom. The van der Waals surface area contributed by atoms with E-state index in [1.807, 2.05) is 50.2 Å². The number of rotatable bonds is 5. The van der Waals surface area contributed by atoms with Gasteiger partial charge in [-0.2, -0.15) is 10.4 Å². The summed E-state index contributed by atoms with van der Waals surface area (Å²) in [7, 11) is 3.33. The third-order valence-electron chi connectivity index (χ3n) is 5.42. The first-order valence-corrected chi connectivity index (χ1v) is 10.2. The number of aryl methyl sites for hydroxylation is 2. The lowest BCUT2D eigenvalue weighted by molar-refractivity contribution is -0.117. The SMILES string of the molecule is COc1ccc(-c2nn3c(C)cc(C)nc3c2CC(=O)N(C)c2cccc(C#N)c2)cc1. The smallest absolute Gasteiger partial charge is 0.231 e. The van der Waals surface area contributed by atoms with Gasteiger partial charge in [0.05, 0.1) is 30.9 Å². The number of likely N-dealkylation sites (N-methyl/N-ethyl adjacent to an activating group) is 1. The van der Waals surface area contributed by atoms with E-state index in [1.165, 1.54) is 0 Å². The van der Waals surface area contributed by atoms with Gasteiger partial charge in [-0.1, -0.05) is 6.07 Å². The molecule has 0 atom stereocenters. The van der Waals surface area contributed by atoms with Crippen LogP contribution in [0.15, 0.2) is 54.6 Å². The average Bonchev–Trinajstić information content (AvgIpc) is 3.17. The minimum absolute atomic E-state index is 0.119. The summed E-state index contributed by atoms with van der Waals surface area (Å²) in [5.41, 5.74) is 5.99. The van der Waals surface area contributed by atoms with Crippen LogP contribution in [0, 0.1) is 25.2 Å². The van der Waals surface area contributed by atoms with E-state index in [0.29, 0.717) is 22.6 Å². The van der Waals surface area contributed by atoms with Crippen molar-refractivity contribution in [3.05, 3.63) is 77.1 Å². The highest BCUT2D eigenvalue weighted by Crippen LogP contribution is 2.29. The van der Waals surface area contributed by atoms with Crippen LogP contribution in [0.1, 0.15) is 22.5 Å². The molecule has 32 heavy (non-hydrogen) atoms. The number of ether oxygens (including phenoxy) is 1. The van der Waals surface area contributed by atoms with Gasteiger partial charge in [0.25, 0.3) is 0 Å². The minimum Gasteiger partial charge on any atom is -0.497 e. The lowest BCUT2D eigenvalue weighted by Gasteiger charge is -2.17. The summed E-state index contributed by atoms with van der Waals surface area (Å²) in [6.45, 7) is 3.90. The summed E-state index contributed by atoms with van der Waals surface area (Å²) < 4.78 is 7.05. The topological polar surface area (TPSA) is 83.5 Å². The number of amides is 1. The first kappa shape index (κ1) is 21.1. The summed E-state index contributed by atoms with van der Waals surface area (Å²) in [5, 5.41) is 14.0. The Labute approximate surface area is 186 Å². The van der Waals surface area contributed by atoms with E-state index in [4.69, 9.17) is 14.8 Å². The average molecular weight is 425 g/mol. The maximum absolute atomic E-state index is 13.3. The number of fused-ring (bicyclic) bond motifs is 1. The molecule has 0 fully saturated rings. The third kappa shape index (κ3) is 3.91. The summed E-state index contributed by atoms with van der Waals surface area (Å²) >= 11 is 0. The van der Waals surface area contributed by atoms with Crippen molar-refractivity contribution in [2.24, 2.45) is 0 Å². The molecule has 0 saturated carbocycles. The number of hydrogen-bond donors (Lipinski definition) is 0. The molecule has 1 amide bonds. The van der Waals surface area contributed by atoms with Gasteiger partial charge in [-0.3, -0.25) is 4.79 Å². The molecule has 0 bridgehead atoms. The molecule has 0 aliphatic carbocycles. The lowest BCUT2D eigenvalue weighted by atomic mass is 10.0. The molecule has 0 unspecified atom stereocenters.